The van der Waals surface area contributed by atoms with E-state index in [9.17, 15) is 4.79 Å². The van der Waals surface area contributed by atoms with Gasteiger partial charge in [0.1, 0.15) is 0 Å². The number of carboxylic acid groups (broad SMARTS) is 1. The molecule has 2 nitrogen and oxygen atoms in total. The Balaban J connectivity index is 3.20. The monoisotopic (exact) mass is 72.0 g/mol. The summed E-state index contributed by atoms with van der Waals surface area (Å²) in [5, 5.41) is 7.60. The van der Waals surface area contributed by atoms with Crippen LogP contribution < -0.4 is 0 Å². The van der Waals surface area contributed by atoms with E-state index in [0.29, 0.717) is 0 Å². The lowest BCUT2D eigenvalue weighted by atomic mass is 10.7. The SMILES string of the molecule is C=[12CH]C(=O)O. The summed E-state index contributed by atoms with van der Waals surface area (Å²) in [6, 6.07) is 0. The highest BCUT2D eigenvalue weighted by Gasteiger charge is 1.73. The molecule has 2 heteroatoms. The van der Waals surface area contributed by atoms with E-state index in [0.717, 1.165) is 6.08 Å². The van der Waals surface area contributed by atoms with Crippen LogP contribution in [0.4, 0.5) is 0 Å². The van der Waals surface area contributed by atoms with Gasteiger partial charge in [0.25, 0.3) is 0 Å². The summed E-state index contributed by atoms with van der Waals surface area (Å²) in [5.74, 6) is -0.981. The second-order valence-corrected chi connectivity index (χ2v) is 0.542. The molecule has 1 N–H and O–H groups in total. The van der Waals surface area contributed by atoms with Crippen LogP contribution in [0.1, 0.15) is 0 Å². The van der Waals surface area contributed by atoms with Crippen molar-refractivity contribution in [2.45, 2.75) is 0 Å². The highest BCUT2D eigenvalue weighted by atomic mass is 16.4. The van der Waals surface area contributed by atoms with E-state index in [1.54, 1.807) is 0 Å². The highest BCUT2D eigenvalue weighted by molar-refractivity contribution is 5.78. The molecule has 0 aromatic heterocycles. The number of hydrogen-bond donors (Lipinski definition) is 1. The van der Waals surface area contributed by atoms with Gasteiger partial charge in [0.15, 0.2) is 0 Å². The van der Waals surface area contributed by atoms with E-state index in [-0.39, 0.29) is 0 Å². The van der Waals surface area contributed by atoms with Gasteiger partial charge in [-0.1, -0.05) is 6.58 Å². The first-order valence-corrected chi connectivity index (χ1v) is 1.12. The molecule has 0 aromatic rings. The van der Waals surface area contributed by atoms with E-state index < -0.39 is 5.97 Å². The van der Waals surface area contributed by atoms with Gasteiger partial charge in [0.05, 0.1) is 0 Å². The minimum Gasteiger partial charge on any atom is -0.478 e. The molecule has 0 spiro atoms. The van der Waals surface area contributed by atoms with Gasteiger partial charge in [-0.05, 0) is 0 Å². The molecule has 0 unspecified atom stereocenters. The number of aliphatic carboxylic acids is 1. The van der Waals surface area contributed by atoms with Crippen LogP contribution in [0.25, 0.3) is 0 Å². The molecule has 0 aliphatic heterocycles. The van der Waals surface area contributed by atoms with E-state index in [4.69, 9.17) is 5.11 Å². The molecule has 0 saturated carbocycles. The van der Waals surface area contributed by atoms with Crippen LogP contribution in [0.5, 0.6) is 0 Å². The Bertz CT molecular complexity index is 55.9. The molecule has 0 heterocycles. The minimum absolute atomic E-state index is 0.833. The second-order valence-electron chi connectivity index (χ2n) is 0.542. The summed E-state index contributed by atoms with van der Waals surface area (Å²) < 4.78 is 0. The van der Waals surface area contributed by atoms with Crippen LogP contribution >= 0.6 is 0 Å². The van der Waals surface area contributed by atoms with Crippen LogP contribution in [0.3, 0.4) is 0 Å². The third kappa shape index (κ3) is 3.21. The Morgan fingerprint density at radius 1 is 2.00 bits per heavy atom. The number of rotatable bonds is 1. The lowest BCUT2D eigenvalue weighted by Crippen LogP contribution is -1.82. The van der Waals surface area contributed by atoms with Gasteiger partial charge in [-0.3, -0.25) is 0 Å². The van der Waals surface area contributed by atoms with Crippen molar-refractivity contribution < 1.29 is 9.90 Å². The lowest BCUT2D eigenvalue weighted by Gasteiger charge is -1.64. The molecule has 0 aliphatic rings. The van der Waals surface area contributed by atoms with Crippen molar-refractivity contribution in [2.24, 2.45) is 0 Å². The van der Waals surface area contributed by atoms with Gasteiger partial charge >= 0.3 is 5.97 Å². The van der Waals surface area contributed by atoms with Crippen LogP contribution in [0, 0.1) is 0 Å². The summed E-state index contributed by atoms with van der Waals surface area (Å²) in [4.78, 5) is 9.25. The molecule has 5 heavy (non-hydrogen) atoms. The van der Waals surface area contributed by atoms with Crippen molar-refractivity contribution in [3.63, 3.8) is 0 Å². The molecule has 0 bridgehead atoms. The fraction of sp³-hybridized carbons (Fsp3) is 0. The predicted octanol–water partition coefficient (Wildman–Crippen LogP) is 0.257. The quantitative estimate of drug-likeness (QED) is 0.451. The van der Waals surface area contributed by atoms with Crippen molar-refractivity contribution in [2.75, 3.05) is 0 Å². The van der Waals surface area contributed by atoms with Gasteiger partial charge < -0.3 is 5.11 Å². The average molecular weight is 72.1 g/mol. The zero-order valence-corrected chi connectivity index (χ0v) is 2.64. The molecular formula is C3H4O2. The maximum absolute atomic E-state index is 9.25. The highest BCUT2D eigenvalue weighted by Crippen LogP contribution is 1.54. The third-order valence-electron chi connectivity index (χ3n) is 0.175. The fourth-order valence-electron chi connectivity index (χ4n) is 0. The predicted molar refractivity (Wildman–Crippen MR) is 17.8 cm³/mol. The van der Waals surface area contributed by atoms with Gasteiger partial charge in [0.2, 0.25) is 0 Å². The van der Waals surface area contributed by atoms with Gasteiger partial charge in [-0.25, -0.2) is 4.79 Å². The number of carboxylic acids is 1. The molecule has 0 saturated heterocycles. The Hall–Kier alpha value is -0.790. The first kappa shape index (κ1) is 4.21. The standard InChI is InChI=1S/C3H4O2/c1-2-3(4)5/h2H,1H2,(H,4,5)/i2+0. The minimum atomic E-state index is -0.981. The van der Waals surface area contributed by atoms with Crippen molar-refractivity contribution in [1.82, 2.24) is 0 Å². The molecule has 0 aromatic carbocycles. The summed E-state index contributed by atoms with van der Waals surface area (Å²) >= 11 is 0. The lowest BCUT2D eigenvalue weighted by molar-refractivity contribution is -0.131. The summed E-state index contributed by atoms with van der Waals surface area (Å²) in [5.41, 5.74) is 0. The number of hydrogen-bond acceptors (Lipinski definition) is 1. The summed E-state index contributed by atoms with van der Waals surface area (Å²) in [7, 11) is 0. The Kier molecular flexibility index (Phi) is 1.28. The maximum atomic E-state index is 9.25. The molecule has 0 amide bonds. The van der Waals surface area contributed by atoms with Crippen LogP contribution in [-0.2, 0) is 4.79 Å². The van der Waals surface area contributed by atoms with Crippen molar-refractivity contribution >= 4 is 5.97 Å². The molecule has 0 aliphatic carbocycles. The van der Waals surface area contributed by atoms with Crippen LogP contribution in [0.2, 0.25) is 0 Å². The molecule has 0 atom stereocenters. The van der Waals surface area contributed by atoms with Crippen molar-refractivity contribution in [3.8, 4) is 0 Å². The second kappa shape index (κ2) is 1.52. The Morgan fingerprint density at radius 3 is 2.20 bits per heavy atom. The topological polar surface area (TPSA) is 37.3 Å². The van der Waals surface area contributed by atoms with Crippen LogP contribution in [-0.4, -0.2) is 11.1 Å². The van der Waals surface area contributed by atoms with Gasteiger partial charge in [-0.2, -0.15) is 0 Å². The summed E-state index contributed by atoms with van der Waals surface area (Å²) in [6.07, 6.45) is 0.833. The fourth-order valence-corrected chi connectivity index (χ4v) is 0. The first-order valence-electron chi connectivity index (χ1n) is 1.12. The van der Waals surface area contributed by atoms with Crippen molar-refractivity contribution in [1.29, 1.82) is 0 Å². The van der Waals surface area contributed by atoms with E-state index in [2.05, 4.69) is 6.58 Å². The largest absolute Gasteiger partial charge is 0.478 e. The first-order chi connectivity index (χ1) is 2.27. The number of carbonyl (C=O) groups is 1. The maximum Gasteiger partial charge on any atom is 0.327 e. The molecule has 0 rings (SSSR count). The third-order valence-corrected chi connectivity index (χ3v) is 0.175. The molecule has 0 fully saturated rings. The van der Waals surface area contributed by atoms with Gasteiger partial charge in [0, 0.05) is 6.08 Å². The summed E-state index contributed by atoms with van der Waals surface area (Å²) in [6.45, 7) is 2.96. The van der Waals surface area contributed by atoms with Crippen LogP contribution in [0.15, 0.2) is 12.7 Å². The molecular weight excluding hydrogens is 68.0 g/mol. The van der Waals surface area contributed by atoms with Crippen molar-refractivity contribution in [3.05, 3.63) is 12.7 Å². The zero-order chi connectivity index (χ0) is 4.28. The smallest absolute Gasteiger partial charge is 0.327 e. The Labute approximate surface area is 29.7 Å². The van der Waals surface area contributed by atoms with E-state index in [1.165, 1.54) is 0 Å². The normalized spacial score (nSPS) is 6.40. The van der Waals surface area contributed by atoms with Gasteiger partial charge in [-0.15, -0.1) is 0 Å². The van der Waals surface area contributed by atoms with E-state index in [1.807, 2.05) is 0 Å². The molecule has 0 radical (unpaired) electrons. The molecule has 28 valence electrons. The average Bonchev–Trinajstić information content (AvgIpc) is 1.38. The Morgan fingerprint density at radius 2 is 2.20 bits per heavy atom. The van der Waals surface area contributed by atoms with E-state index >= 15 is 0 Å². The zero-order valence-electron chi connectivity index (χ0n) is 2.64.